The monoisotopic (exact) mass is 328 g/mol. The normalized spacial score (nSPS) is 21.0. The predicted molar refractivity (Wildman–Crippen MR) is 92.6 cm³/mol. The number of likely N-dealkylation sites (tertiary alicyclic amines) is 1. The Kier molecular flexibility index (Phi) is 4.80. The first-order valence-corrected chi connectivity index (χ1v) is 8.16. The van der Waals surface area contributed by atoms with Crippen LogP contribution in [-0.4, -0.2) is 57.8 Å². The van der Waals surface area contributed by atoms with Gasteiger partial charge in [0.05, 0.1) is 6.20 Å². The van der Waals surface area contributed by atoms with E-state index in [4.69, 9.17) is 0 Å². The zero-order valence-corrected chi connectivity index (χ0v) is 14.4. The maximum atomic E-state index is 12.4. The summed E-state index contributed by atoms with van der Waals surface area (Å²) >= 11 is 0. The van der Waals surface area contributed by atoms with Crippen molar-refractivity contribution < 1.29 is 4.79 Å². The fourth-order valence-electron chi connectivity index (χ4n) is 3.43. The van der Waals surface area contributed by atoms with E-state index in [1.807, 2.05) is 19.3 Å². The van der Waals surface area contributed by atoms with Gasteiger partial charge < -0.3 is 4.90 Å². The third-order valence-corrected chi connectivity index (χ3v) is 4.71. The summed E-state index contributed by atoms with van der Waals surface area (Å²) in [6.07, 6.45) is 6.45. The van der Waals surface area contributed by atoms with E-state index in [0.717, 1.165) is 13.0 Å². The number of carbonyl (C=O) groups excluding carboxylic acids is 1. The van der Waals surface area contributed by atoms with Crippen molar-refractivity contribution in [3.05, 3.63) is 42.4 Å². The van der Waals surface area contributed by atoms with E-state index in [2.05, 4.69) is 33.4 Å². The van der Waals surface area contributed by atoms with Crippen LogP contribution in [0.1, 0.15) is 18.0 Å². The summed E-state index contributed by atoms with van der Waals surface area (Å²) in [5.41, 5.74) is 1.21. The number of aryl methyl sites for hydroxylation is 1. The number of amides is 2. The zero-order chi connectivity index (χ0) is 17.1. The van der Waals surface area contributed by atoms with Gasteiger partial charge in [-0.1, -0.05) is 6.07 Å². The van der Waals surface area contributed by atoms with Gasteiger partial charge in [-0.15, -0.1) is 0 Å². The van der Waals surface area contributed by atoms with Gasteiger partial charge in [0.25, 0.3) is 0 Å². The molecule has 2 aromatic heterocycles. The molecule has 24 heavy (non-hydrogen) atoms. The molecule has 1 saturated heterocycles. The number of hydrogen-bond acceptors (Lipinski definition) is 4. The molecule has 7 heteroatoms. The third kappa shape index (κ3) is 3.41. The number of urea groups is 1. The van der Waals surface area contributed by atoms with Crippen LogP contribution in [0.3, 0.4) is 0 Å². The summed E-state index contributed by atoms with van der Waals surface area (Å²) in [5.74, 6) is 1.08. The minimum atomic E-state index is -0.113. The number of aromatic nitrogens is 3. The first-order valence-electron chi connectivity index (χ1n) is 8.16. The standard InChI is InChI=1S/C17H24N6O/c1-21-10-7-14(16(21)13-5-4-8-18-11-13)12-22(2)17(24)20-15-6-9-19-23(15)3/h4-6,8-9,11,14,16H,7,10,12H2,1-3H3,(H,20,24)/t14-,16-/m0/s1. The molecule has 0 bridgehead atoms. The van der Waals surface area contributed by atoms with Crippen molar-refractivity contribution in [3.8, 4) is 0 Å². The van der Waals surface area contributed by atoms with E-state index in [9.17, 15) is 4.79 Å². The molecule has 2 aromatic rings. The number of carbonyl (C=O) groups is 1. The lowest BCUT2D eigenvalue weighted by Crippen LogP contribution is -2.37. The van der Waals surface area contributed by atoms with Crippen molar-refractivity contribution in [3.63, 3.8) is 0 Å². The summed E-state index contributed by atoms with van der Waals surface area (Å²) in [6.45, 7) is 1.73. The molecule has 0 aromatic carbocycles. The molecule has 2 atom stereocenters. The third-order valence-electron chi connectivity index (χ3n) is 4.71. The SMILES string of the molecule is CN(C[C@@H]1CCN(C)[C@H]1c1cccnc1)C(=O)Nc1ccnn1C. The molecular formula is C17H24N6O. The molecule has 3 heterocycles. The minimum absolute atomic E-state index is 0.113. The molecule has 0 radical (unpaired) electrons. The van der Waals surface area contributed by atoms with Gasteiger partial charge in [-0.3, -0.25) is 19.9 Å². The van der Waals surface area contributed by atoms with E-state index < -0.39 is 0 Å². The largest absolute Gasteiger partial charge is 0.327 e. The molecule has 128 valence electrons. The molecule has 0 aliphatic carbocycles. The molecule has 3 rings (SSSR count). The molecular weight excluding hydrogens is 304 g/mol. The van der Waals surface area contributed by atoms with Crippen molar-refractivity contribution in [2.75, 3.05) is 32.5 Å². The average Bonchev–Trinajstić information content (AvgIpc) is 3.14. The summed E-state index contributed by atoms with van der Waals surface area (Å²) < 4.78 is 1.65. The van der Waals surface area contributed by atoms with Gasteiger partial charge in [0.15, 0.2) is 0 Å². The highest BCUT2D eigenvalue weighted by atomic mass is 16.2. The van der Waals surface area contributed by atoms with E-state index in [1.54, 1.807) is 35.1 Å². The number of pyridine rings is 1. The second kappa shape index (κ2) is 7.00. The number of nitrogens with zero attached hydrogens (tertiary/aromatic N) is 5. The second-order valence-corrected chi connectivity index (χ2v) is 6.41. The summed E-state index contributed by atoms with van der Waals surface area (Å²) in [7, 11) is 5.78. The predicted octanol–water partition coefficient (Wildman–Crippen LogP) is 1.97. The van der Waals surface area contributed by atoms with Gasteiger partial charge in [-0.2, -0.15) is 5.10 Å². The molecule has 0 spiro atoms. The van der Waals surface area contributed by atoms with Crippen LogP contribution in [0.25, 0.3) is 0 Å². The zero-order valence-electron chi connectivity index (χ0n) is 14.4. The first kappa shape index (κ1) is 16.4. The molecule has 1 aliphatic rings. The van der Waals surface area contributed by atoms with Crippen molar-refractivity contribution >= 4 is 11.8 Å². The second-order valence-electron chi connectivity index (χ2n) is 6.41. The Morgan fingerprint density at radius 1 is 1.38 bits per heavy atom. The lowest BCUT2D eigenvalue weighted by molar-refractivity contribution is 0.200. The van der Waals surface area contributed by atoms with Crippen molar-refractivity contribution in [2.24, 2.45) is 13.0 Å². The van der Waals surface area contributed by atoms with Crippen LogP contribution in [0.2, 0.25) is 0 Å². The Hall–Kier alpha value is -2.41. The molecule has 7 nitrogen and oxygen atoms in total. The molecule has 1 aliphatic heterocycles. The number of hydrogen-bond donors (Lipinski definition) is 1. The lowest BCUT2D eigenvalue weighted by atomic mass is 9.94. The fraction of sp³-hybridized carbons (Fsp3) is 0.471. The van der Waals surface area contributed by atoms with Crippen molar-refractivity contribution in [1.82, 2.24) is 24.6 Å². The molecule has 2 amide bonds. The highest BCUT2D eigenvalue weighted by Crippen LogP contribution is 2.36. The van der Waals surface area contributed by atoms with Gasteiger partial charge in [-0.25, -0.2) is 4.79 Å². The number of rotatable bonds is 4. The van der Waals surface area contributed by atoms with E-state index in [-0.39, 0.29) is 6.03 Å². The fourth-order valence-corrected chi connectivity index (χ4v) is 3.43. The van der Waals surface area contributed by atoms with Crippen molar-refractivity contribution in [2.45, 2.75) is 12.5 Å². The van der Waals surface area contributed by atoms with Crippen LogP contribution in [-0.2, 0) is 7.05 Å². The van der Waals surface area contributed by atoms with Crippen LogP contribution in [0.4, 0.5) is 10.6 Å². The molecule has 1 fully saturated rings. The van der Waals surface area contributed by atoms with Crippen molar-refractivity contribution in [1.29, 1.82) is 0 Å². The quantitative estimate of drug-likeness (QED) is 0.932. The van der Waals surface area contributed by atoms with E-state index in [1.165, 1.54) is 5.56 Å². The van der Waals surface area contributed by atoms with Crippen LogP contribution < -0.4 is 5.32 Å². The van der Waals surface area contributed by atoms with E-state index >= 15 is 0 Å². The molecule has 0 unspecified atom stereocenters. The maximum absolute atomic E-state index is 12.4. The van der Waals surface area contributed by atoms with Gasteiger partial charge in [-0.05, 0) is 37.6 Å². The van der Waals surface area contributed by atoms with Crippen LogP contribution in [0, 0.1) is 5.92 Å². The van der Waals surface area contributed by atoms with Crippen LogP contribution >= 0.6 is 0 Å². The number of nitrogens with one attached hydrogen (secondary N) is 1. The first-order chi connectivity index (χ1) is 11.6. The highest BCUT2D eigenvalue weighted by molar-refractivity contribution is 5.88. The highest BCUT2D eigenvalue weighted by Gasteiger charge is 2.34. The van der Waals surface area contributed by atoms with Gasteiger partial charge in [0, 0.05) is 45.1 Å². The number of anilines is 1. The topological polar surface area (TPSA) is 66.3 Å². The average molecular weight is 328 g/mol. The Labute approximate surface area is 142 Å². The van der Waals surface area contributed by atoms with Crippen LogP contribution in [0.15, 0.2) is 36.8 Å². The maximum Gasteiger partial charge on any atom is 0.322 e. The summed E-state index contributed by atoms with van der Waals surface area (Å²) in [6, 6.07) is 6.05. The molecule has 0 saturated carbocycles. The van der Waals surface area contributed by atoms with Gasteiger partial charge >= 0.3 is 6.03 Å². The molecule has 1 N–H and O–H groups in total. The Morgan fingerprint density at radius 3 is 2.88 bits per heavy atom. The van der Waals surface area contributed by atoms with Gasteiger partial charge in [0.2, 0.25) is 0 Å². The smallest absolute Gasteiger partial charge is 0.322 e. The minimum Gasteiger partial charge on any atom is -0.327 e. The Balaban J connectivity index is 1.65. The lowest BCUT2D eigenvalue weighted by Gasteiger charge is -2.28. The van der Waals surface area contributed by atoms with E-state index in [0.29, 0.717) is 24.3 Å². The Bertz CT molecular complexity index is 685. The van der Waals surface area contributed by atoms with Gasteiger partial charge in [0.1, 0.15) is 5.82 Å². The van der Waals surface area contributed by atoms with Crippen LogP contribution in [0.5, 0.6) is 0 Å². The Morgan fingerprint density at radius 2 is 2.21 bits per heavy atom. The summed E-state index contributed by atoms with van der Waals surface area (Å²) in [4.78, 5) is 20.8. The summed E-state index contributed by atoms with van der Waals surface area (Å²) in [5, 5.41) is 6.96.